The molecule has 0 heterocycles. The van der Waals surface area contributed by atoms with Crippen molar-refractivity contribution >= 4 is 9.84 Å². The molecule has 0 fully saturated rings. The molecule has 0 aromatic rings. The Hall–Kier alpha value is -1.57. The highest BCUT2D eigenvalue weighted by Crippen LogP contribution is 2.37. The Balaban J connectivity index is 2.40. The molecule has 0 aliphatic heterocycles. The number of hydrogen-bond donors (Lipinski definition) is 4. The van der Waals surface area contributed by atoms with Gasteiger partial charge in [-0.1, -0.05) is 0 Å². The first-order chi connectivity index (χ1) is 8.70. The highest BCUT2D eigenvalue weighted by atomic mass is 32.2. The van der Waals surface area contributed by atoms with Crippen molar-refractivity contribution in [3.8, 4) is 0 Å². The van der Waals surface area contributed by atoms with Gasteiger partial charge in [0.25, 0.3) is 0 Å². The first kappa shape index (κ1) is 13.9. The monoisotopic (exact) mass is 286 g/mol. The first-order valence-corrected chi connectivity index (χ1v) is 7.04. The summed E-state index contributed by atoms with van der Waals surface area (Å²) in [6.45, 7) is 0. The molecule has 0 saturated heterocycles. The fraction of sp³-hybridized carbons (Fsp3) is 0.333. The lowest BCUT2D eigenvalue weighted by molar-refractivity contribution is 0.131. The van der Waals surface area contributed by atoms with Crippen molar-refractivity contribution in [1.29, 1.82) is 0 Å². The first-order valence-electron chi connectivity index (χ1n) is 5.56. The van der Waals surface area contributed by atoms with E-state index in [-0.39, 0.29) is 24.4 Å². The predicted octanol–water partition coefficient (Wildman–Crippen LogP) is 0.582. The van der Waals surface area contributed by atoms with Gasteiger partial charge in [0, 0.05) is 12.8 Å². The quantitative estimate of drug-likeness (QED) is 0.590. The Morgan fingerprint density at radius 2 is 1.26 bits per heavy atom. The largest absolute Gasteiger partial charge is 0.508 e. The summed E-state index contributed by atoms with van der Waals surface area (Å²) in [5.41, 5.74) is 0. The zero-order valence-electron chi connectivity index (χ0n) is 9.89. The molecule has 0 spiro atoms. The van der Waals surface area contributed by atoms with Crippen LogP contribution in [0.3, 0.4) is 0 Å². The van der Waals surface area contributed by atoms with Crippen LogP contribution in [0.2, 0.25) is 0 Å². The van der Waals surface area contributed by atoms with Crippen molar-refractivity contribution in [1.82, 2.24) is 0 Å². The average Bonchev–Trinajstić information content (AvgIpc) is 2.36. The molecule has 104 valence electrons. The van der Waals surface area contributed by atoms with Crippen LogP contribution >= 0.6 is 0 Å². The highest BCUT2D eigenvalue weighted by Gasteiger charge is 2.52. The summed E-state index contributed by atoms with van der Waals surface area (Å²) < 4.78 is 24.7. The van der Waals surface area contributed by atoms with E-state index in [2.05, 4.69) is 0 Å². The topological polar surface area (TPSA) is 115 Å². The van der Waals surface area contributed by atoms with Gasteiger partial charge < -0.3 is 20.4 Å². The van der Waals surface area contributed by atoms with Gasteiger partial charge in [0.1, 0.15) is 11.5 Å². The Kier molecular flexibility index (Phi) is 3.08. The second-order valence-electron chi connectivity index (χ2n) is 4.53. The summed E-state index contributed by atoms with van der Waals surface area (Å²) in [6.07, 6.45) is 5.58. The minimum absolute atomic E-state index is 0.149. The minimum atomic E-state index is -4.40. The van der Waals surface area contributed by atoms with Gasteiger partial charge in [-0.3, -0.25) is 0 Å². The average molecular weight is 286 g/mol. The Morgan fingerprint density at radius 1 is 0.895 bits per heavy atom. The molecular weight excluding hydrogens is 272 g/mol. The van der Waals surface area contributed by atoms with Gasteiger partial charge in [0.2, 0.25) is 9.84 Å². The summed E-state index contributed by atoms with van der Waals surface area (Å²) >= 11 is 0. The van der Waals surface area contributed by atoms with Crippen molar-refractivity contribution in [2.24, 2.45) is 0 Å². The number of aliphatic hydroxyl groups is 4. The molecule has 4 N–H and O–H groups in total. The van der Waals surface area contributed by atoms with Gasteiger partial charge in [-0.25, -0.2) is 8.42 Å². The van der Waals surface area contributed by atoms with E-state index in [0.717, 1.165) is 36.5 Å². The summed E-state index contributed by atoms with van der Waals surface area (Å²) in [7, 11) is -4.40. The van der Waals surface area contributed by atoms with Crippen LogP contribution < -0.4 is 0 Å². The number of hydrogen-bond acceptors (Lipinski definition) is 6. The third kappa shape index (κ3) is 2.09. The Bertz CT molecular complexity index is 564. The zero-order valence-corrected chi connectivity index (χ0v) is 10.7. The van der Waals surface area contributed by atoms with Gasteiger partial charge in [0.15, 0.2) is 9.87 Å². The van der Waals surface area contributed by atoms with Crippen molar-refractivity contribution in [3.05, 3.63) is 48.0 Å². The maximum atomic E-state index is 12.4. The molecule has 0 aromatic heterocycles. The minimum Gasteiger partial charge on any atom is -0.508 e. The zero-order chi connectivity index (χ0) is 14.3. The molecule has 0 saturated carbocycles. The molecule has 0 radical (unpaired) electrons. The maximum Gasteiger partial charge on any atom is 0.217 e. The molecule has 7 heteroatoms. The van der Waals surface area contributed by atoms with E-state index in [1.165, 1.54) is 0 Å². The van der Waals surface area contributed by atoms with Gasteiger partial charge >= 0.3 is 0 Å². The van der Waals surface area contributed by atoms with Crippen LogP contribution in [0, 0.1) is 0 Å². The lowest BCUT2D eigenvalue weighted by Gasteiger charge is -2.34. The van der Waals surface area contributed by atoms with Crippen LogP contribution in [0.1, 0.15) is 12.8 Å². The van der Waals surface area contributed by atoms with E-state index in [4.69, 9.17) is 10.2 Å². The normalized spacial score (nSPS) is 34.8. The van der Waals surface area contributed by atoms with Crippen LogP contribution in [0.4, 0.5) is 0 Å². The molecule has 0 aromatic carbocycles. The van der Waals surface area contributed by atoms with Gasteiger partial charge in [0.05, 0.1) is 0 Å². The SMILES string of the molecule is O=S(=O)(C1(O)C=CC(O)=CC1)C1(O)C=CC(O)=CC1. The second-order valence-corrected chi connectivity index (χ2v) is 6.95. The van der Waals surface area contributed by atoms with Crippen LogP contribution in [-0.4, -0.2) is 38.7 Å². The van der Waals surface area contributed by atoms with E-state index in [1.807, 2.05) is 0 Å². The Morgan fingerprint density at radius 3 is 1.53 bits per heavy atom. The molecule has 0 bridgehead atoms. The van der Waals surface area contributed by atoms with Gasteiger partial charge in [-0.2, -0.15) is 0 Å². The van der Waals surface area contributed by atoms with Crippen LogP contribution in [0.5, 0.6) is 0 Å². The number of sulfone groups is 1. The predicted molar refractivity (Wildman–Crippen MR) is 67.8 cm³/mol. The van der Waals surface area contributed by atoms with Gasteiger partial charge in [-0.15, -0.1) is 0 Å². The van der Waals surface area contributed by atoms with E-state index in [1.54, 1.807) is 0 Å². The molecule has 6 nitrogen and oxygen atoms in total. The number of allylic oxidation sites excluding steroid dienone is 2. The summed E-state index contributed by atoms with van der Waals surface area (Å²) in [5, 5.41) is 38.7. The van der Waals surface area contributed by atoms with E-state index < -0.39 is 19.7 Å². The maximum absolute atomic E-state index is 12.4. The number of rotatable bonds is 2. The lowest BCUT2D eigenvalue weighted by Crippen LogP contribution is -2.51. The molecule has 2 atom stereocenters. The second kappa shape index (κ2) is 4.22. The van der Waals surface area contributed by atoms with E-state index >= 15 is 0 Å². The van der Waals surface area contributed by atoms with Crippen LogP contribution in [0.25, 0.3) is 0 Å². The number of aliphatic hydroxyl groups excluding tert-OH is 2. The van der Waals surface area contributed by atoms with Crippen molar-refractivity contribution < 1.29 is 28.8 Å². The van der Waals surface area contributed by atoms with E-state index in [0.29, 0.717) is 0 Å². The summed E-state index contributed by atoms with van der Waals surface area (Å²) in [4.78, 5) is -4.59. The Labute approximate surface area is 110 Å². The van der Waals surface area contributed by atoms with Crippen molar-refractivity contribution in [2.75, 3.05) is 0 Å². The van der Waals surface area contributed by atoms with Gasteiger partial charge in [-0.05, 0) is 36.5 Å². The fourth-order valence-electron chi connectivity index (χ4n) is 1.91. The molecule has 2 aliphatic rings. The molecule has 2 rings (SSSR count). The molecular formula is C12H14O6S. The summed E-state index contributed by atoms with van der Waals surface area (Å²) in [5.74, 6) is -0.299. The standard InChI is InChI=1S/C12H14O6S/c13-9-1-5-11(15,6-2-9)19(17,18)12(16)7-3-10(14)4-8-12/h1-5,7,13-16H,6,8H2. The molecule has 2 aliphatic carbocycles. The van der Waals surface area contributed by atoms with Crippen molar-refractivity contribution in [2.45, 2.75) is 22.7 Å². The van der Waals surface area contributed by atoms with Crippen LogP contribution in [-0.2, 0) is 9.84 Å². The molecule has 2 unspecified atom stereocenters. The van der Waals surface area contributed by atoms with Crippen molar-refractivity contribution in [3.63, 3.8) is 0 Å². The highest BCUT2D eigenvalue weighted by molar-refractivity contribution is 7.94. The summed E-state index contributed by atoms with van der Waals surface area (Å²) in [6, 6.07) is 0. The third-order valence-corrected chi connectivity index (χ3v) is 5.63. The molecule has 0 amide bonds. The lowest BCUT2D eigenvalue weighted by atomic mass is 10.1. The van der Waals surface area contributed by atoms with Crippen LogP contribution in [0.15, 0.2) is 48.0 Å². The molecule has 19 heavy (non-hydrogen) atoms. The fourth-order valence-corrected chi connectivity index (χ4v) is 3.62. The smallest absolute Gasteiger partial charge is 0.217 e. The third-order valence-electron chi connectivity index (χ3n) is 3.17. The van der Waals surface area contributed by atoms with E-state index in [9.17, 15) is 18.6 Å².